The summed E-state index contributed by atoms with van der Waals surface area (Å²) in [5.74, 6) is 1.00. The monoisotopic (exact) mass is 223 g/mol. The molecule has 0 radical (unpaired) electrons. The maximum Gasteiger partial charge on any atom is 0.123 e. The lowest BCUT2D eigenvalue weighted by atomic mass is 10.2. The summed E-state index contributed by atoms with van der Waals surface area (Å²) in [4.78, 5) is 4.51. The molecular weight excluding hydrogens is 210 g/mol. The van der Waals surface area contributed by atoms with Crippen LogP contribution < -0.4 is 5.32 Å². The standard InChI is InChI=1S/C11H14ClN3/c1-7-4-8(12)11-9(5-7)15(3)10(14-11)6-13-2/h4-5,13H,6H2,1-3H3. The highest BCUT2D eigenvalue weighted by Gasteiger charge is 2.10. The quantitative estimate of drug-likeness (QED) is 0.847. The second-order valence-electron chi connectivity index (χ2n) is 3.73. The van der Waals surface area contributed by atoms with Crippen LogP contribution in [-0.2, 0) is 13.6 Å². The minimum absolute atomic E-state index is 0.725. The molecule has 1 aromatic carbocycles. The zero-order valence-electron chi connectivity index (χ0n) is 9.13. The molecule has 0 saturated heterocycles. The Morgan fingerprint density at radius 1 is 1.47 bits per heavy atom. The third-order valence-corrected chi connectivity index (χ3v) is 2.80. The van der Waals surface area contributed by atoms with E-state index in [9.17, 15) is 0 Å². The van der Waals surface area contributed by atoms with Gasteiger partial charge in [-0.1, -0.05) is 11.6 Å². The molecule has 1 N–H and O–H groups in total. The Bertz CT molecular complexity index is 502. The first-order valence-corrected chi connectivity index (χ1v) is 5.27. The molecule has 0 unspecified atom stereocenters. The third-order valence-electron chi connectivity index (χ3n) is 2.51. The molecule has 1 heterocycles. The van der Waals surface area contributed by atoms with Crippen molar-refractivity contribution in [2.24, 2.45) is 7.05 Å². The number of nitrogens with zero attached hydrogens (tertiary/aromatic N) is 2. The molecule has 2 rings (SSSR count). The summed E-state index contributed by atoms with van der Waals surface area (Å²) in [5.41, 5.74) is 3.13. The van der Waals surface area contributed by atoms with Gasteiger partial charge < -0.3 is 9.88 Å². The molecule has 0 aliphatic rings. The van der Waals surface area contributed by atoms with Gasteiger partial charge >= 0.3 is 0 Å². The molecular formula is C11H14ClN3. The highest BCUT2D eigenvalue weighted by molar-refractivity contribution is 6.35. The van der Waals surface area contributed by atoms with Gasteiger partial charge in [0.1, 0.15) is 11.3 Å². The number of hydrogen-bond acceptors (Lipinski definition) is 2. The van der Waals surface area contributed by atoms with Crippen LogP contribution in [0.4, 0.5) is 0 Å². The number of hydrogen-bond donors (Lipinski definition) is 1. The van der Waals surface area contributed by atoms with E-state index in [1.54, 1.807) is 0 Å². The maximum absolute atomic E-state index is 6.15. The van der Waals surface area contributed by atoms with Crippen molar-refractivity contribution in [1.29, 1.82) is 0 Å². The second kappa shape index (κ2) is 3.83. The SMILES string of the molecule is CNCc1nc2c(Cl)cc(C)cc2n1C. The molecule has 0 spiro atoms. The highest BCUT2D eigenvalue weighted by Crippen LogP contribution is 2.25. The topological polar surface area (TPSA) is 29.9 Å². The summed E-state index contributed by atoms with van der Waals surface area (Å²) < 4.78 is 2.07. The van der Waals surface area contributed by atoms with Crippen LogP contribution in [0, 0.1) is 6.92 Å². The van der Waals surface area contributed by atoms with Gasteiger partial charge in [0.05, 0.1) is 17.1 Å². The molecule has 4 heteroatoms. The fraction of sp³-hybridized carbons (Fsp3) is 0.364. The van der Waals surface area contributed by atoms with Gasteiger partial charge in [-0.15, -0.1) is 0 Å². The van der Waals surface area contributed by atoms with Crippen LogP contribution in [-0.4, -0.2) is 16.6 Å². The van der Waals surface area contributed by atoms with Crippen molar-refractivity contribution in [2.45, 2.75) is 13.5 Å². The lowest BCUT2D eigenvalue weighted by Crippen LogP contribution is -2.10. The Hall–Kier alpha value is -1.06. The van der Waals surface area contributed by atoms with Crippen LogP contribution in [0.1, 0.15) is 11.4 Å². The average molecular weight is 224 g/mol. The van der Waals surface area contributed by atoms with Crippen molar-refractivity contribution in [3.63, 3.8) is 0 Å². The summed E-state index contributed by atoms with van der Waals surface area (Å²) in [6.07, 6.45) is 0. The van der Waals surface area contributed by atoms with Crippen LogP contribution in [0.3, 0.4) is 0 Å². The lowest BCUT2D eigenvalue weighted by molar-refractivity contribution is 0.719. The predicted molar refractivity (Wildman–Crippen MR) is 63.2 cm³/mol. The van der Waals surface area contributed by atoms with Crippen molar-refractivity contribution < 1.29 is 0 Å². The zero-order valence-corrected chi connectivity index (χ0v) is 9.89. The average Bonchev–Trinajstić information content (AvgIpc) is 2.47. The predicted octanol–water partition coefficient (Wildman–Crippen LogP) is 2.25. The summed E-state index contributed by atoms with van der Waals surface area (Å²) in [5, 5.41) is 3.82. The Kier molecular flexibility index (Phi) is 2.67. The molecule has 0 fully saturated rings. The van der Waals surface area contributed by atoms with Crippen molar-refractivity contribution in [1.82, 2.24) is 14.9 Å². The number of benzene rings is 1. The Morgan fingerprint density at radius 3 is 2.87 bits per heavy atom. The van der Waals surface area contributed by atoms with Gasteiger partial charge in [0.15, 0.2) is 0 Å². The number of aryl methyl sites for hydroxylation is 2. The van der Waals surface area contributed by atoms with Gasteiger partial charge in [-0.2, -0.15) is 0 Å². The van der Waals surface area contributed by atoms with Crippen LogP contribution in [0.2, 0.25) is 5.02 Å². The zero-order chi connectivity index (χ0) is 11.0. The van der Waals surface area contributed by atoms with Crippen molar-refractivity contribution in [2.75, 3.05) is 7.05 Å². The fourth-order valence-corrected chi connectivity index (χ4v) is 2.05. The van der Waals surface area contributed by atoms with Crippen LogP contribution in [0.25, 0.3) is 11.0 Å². The first-order valence-electron chi connectivity index (χ1n) is 4.89. The molecule has 15 heavy (non-hydrogen) atoms. The van der Waals surface area contributed by atoms with E-state index in [-0.39, 0.29) is 0 Å². The Balaban J connectivity index is 2.70. The van der Waals surface area contributed by atoms with Crippen LogP contribution in [0.5, 0.6) is 0 Å². The van der Waals surface area contributed by atoms with Crippen molar-refractivity contribution in [3.05, 3.63) is 28.5 Å². The molecule has 0 bridgehead atoms. The normalized spacial score (nSPS) is 11.2. The molecule has 3 nitrogen and oxygen atoms in total. The van der Waals surface area contributed by atoms with Gasteiger partial charge in [0.2, 0.25) is 0 Å². The molecule has 0 aliphatic heterocycles. The molecule has 1 aromatic heterocycles. The molecule has 0 amide bonds. The molecule has 0 atom stereocenters. The van der Waals surface area contributed by atoms with Crippen LogP contribution >= 0.6 is 11.6 Å². The number of fused-ring (bicyclic) bond motifs is 1. The van der Waals surface area contributed by atoms with E-state index >= 15 is 0 Å². The number of aromatic nitrogens is 2. The number of rotatable bonds is 2. The largest absolute Gasteiger partial charge is 0.330 e. The summed E-state index contributed by atoms with van der Waals surface area (Å²) in [6.45, 7) is 2.79. The van der Waals surface area contributed by atoms with E-state index in [1.807, 2.05) is 27.1 Å². The number of halogens is 1. The van der Waals surface area contributed by atoms with E-state index in [1.165, 1.54) is 0 Å². The van der Waals surface area contributed by atoms with E-state index in [4.69, 9.17) is 11.6 Å². The molecule has 80 valence electrons. The minimum Gasteiger partial charge on any atom is -0.330 e. The van der Waals surface area contributed by atoms with E-state index in [2.05, 4.69) is 20.9 Å². The van der Waals surface area contributed by atoms with Gasteiger partial charge in [-0.3, -0.25) is 0 Å². The summed E-state index contributed by atoms with van der Waals surface area (Å²) >= 11 is 6.15. The van der Waals surface area contributed by atoms with Gasteiger partial charge in [-0.25, -0.2) is 4.98 Å². The molecule has 2 aromatic rings. The van der Waals surface area contributed by atoms with Crippen molar-refractivity contribution in [3.8, 4) is 0 Å². The Morgan fingerprint density at radius 2 is 2.20 bits per heavy atom. The van der Waals surface area contributed by atoms with E-state index < -0.39 is 0 Å². The van der Waals surface area contributed by atoms with Gasteiger partial charge in [0.25, 0.3) is 0 Å². The van der Waals surface area contributed by atoms with E-state index in [0.717, 1.165) is 34.0 Å². The first kappa shape index (κ1) is 10.5. The third kappa shape index (κ3) is 1.73. The smallest absolute Gasteiger partial charge is 0.123 e. The van der Waals surface area contributed by atoms with Gasteiger partial charge in [-0.05, 0) is 31.7 Å². The van der Waals surface area contributed by atoms with Crippen LogP contribution in [0.15, 0.2) is 12.1 Å². The summed E-state index contributed by atoms with van der Waals surface area (Å²) in [7, 11) is 3.92. The molecule has 0 aliphatic carbocycles. The first-order chi connectivity index (χ1) is 7.13. The second-order valence-corrected chi connectivity index (χ2v) is 4.14. The molecule has 0 saturated carbocycles. The number of imidazole rings is 1. The minimum atomic E-state index is 0.725. The summed E-state index contributed by atoms with van der Waals surface area (Å²) in [6, 6.07) is 4.05. The lowest BCUT2D eigenvalue weighted by Gasteiger charge is -2.01. The Labute approximate surface area is 94.1 Å². The number of nitrogens with one attached hydrogen (secondary N) is 1. The van der Waals surface area contributed by atoms with Gasteiger partial charge in [0, 0.05) is 7.05 Å². The highest BCUT2D eigenvalue weighted by atomic mass is 35.5. The van der Waals surface area contributed by atoms with Crippen molar-refractivity contribution >= 4 is 22.6 Å². The maximum atomic E-state index is 6.15. The van der Waals surface area contributed by atoms with E-state index in [0.29, 0.717) is 0 Å². The fourth-order valence-electron chi connectivity index (χ4n) is 1.74.